The molecule has 0 atom stereocenters. The van der Waals surface area contributed by atoms with Crippen LogP contribution in [0, 0.1) is 0 Å². The number of hydrogen-bond donors (Lipinski definition) is 2. The third kappa shape index (κ3) is 5.41. The zero-order valence-corrected chi connectivity index (χ0v) is 12.7. The fourth-order valence-corrected chi connectivity index (χ4v) is 2.31. The molecule has 0 aliphatic heterocycles. The number of carbonyl (C=O) groups is 1. The van der Waals surface area contributed by atoms with Crippen LogP contribution in [0.5, 0.6) is 11.5 Å². The maximum absolute atomic E-state index is 12.0. The number of rotatable bonds is 9. The van der Waals surface area contributed by atoms with Crippen LogP contribution in [0.2, 0.25) is 5.02 Å². The molecule has 112 valence electrons. The highest BCUT2D eigenvalue weighted by Crippen LogP contribution is 2.31. The number of ketones is 1. The van der Waals surface area contributed by atoms with Gasteiger partial charge >= 0.3 is 0 Å². The van der Waals surface area contributed by atoms with E-state index in [1.54, 1.807) is 0 Å². The fraction of sp³-hybridized carbons (Fsp3) is 0.562. The SMILES string of the molecule is CCCCCCCCCC(=O)c1cc(O)c(Cl)cc1O. The summed E-state index contributed by atoms with van der Waals surface area (Å²) >= 11 is 5.66. The zero-order valence-electron chi connectivity index (χ0n) is 12.0. The standard InChI is InChI=1S/C16H23ClO3/c1-2-3-4-5-6-7-8-9-14(18)12-10-16(20)13(17)11-15(12)19/h10-11,19-20H,2-9H2,1H3. The van der Waals surface area contributed by atoms with Crippen LogP contribution >= 0.6 is 11.6 Å². The molecule has 0 amide bonds. The fourth-order valence-electron chi connectivity index (χ4n) is 2.15. The first-order valence-electron chi connectivity index (χ1n) is 7.31. The van der Waals surface area contributed by atoms with E-state index in [4.69, 9.17) is 11.6 Å². The molecule has 0 heterocycles. The second-order valence-electron chi connectivity index (χ2n) is 5.12. The first-order valence-corrected chi connectivity index (χ1v) is 7.68. The lowest BCUT2D eigenvalue weighted by Crippen LogP contribution is -1.99. The Bertz CT molecular complexity index is 444. The van der Waals surface area contributed by atoms with Crippen LogP contribution in [0.1, 0.15) is 68.6 Å². The van der Waals surface area contributed by atoms with Crippen LogP contribution < -0.4 is 0 Å². The van der Waals surface area contributed by atoms with Gasteiger partial charge in [0.2, 0.25) is 0 Å². The highest BCUT2D eigenvalue weighted by atomic mass is 35.5. The summed E-state index contributed by atoms with van der Waals surface area (Å²) in [6.45, 7) is 2.19. The van der Waals surface area contributed by atoms with Gasteiger partial charge in [0.05, 0.1) is 10.6 Å². The van der Waals surface area contributed by atoms with Gasteiger partial charge in [-0.05, 0) is 12.5 Å². The molecule has 0 aliphatic rings. The van der Waals surface area contributed by atoms with Crippen molar-refractivity contribution in [3.63, 3.8) is 0 Å². The normalized spacial score (nSPS) is 10.7. The number of carbonyl (C=O) groups excluding carboxylic acids is 1. The lowest BCUT2D eigenvalue weighted by molar-refractivity contribution is 0.0976. The number of unbranched alkanes of at least 4 members (excludes halogenated alkanes) is 6. The molecule has 1 rings (SSSR count). The Balaban J connectivity index is 2.34. The number of hydrogen-bond acceptors (Lipinski definition) is 3. The van der Waals surface area contributed by atoms with Crippen molar-refractivity contribution in [1.82, 2.24) is 0 Å². The van der Waals surface area contributed by atoms with E-state index in [0.717, 1.165) is 19.3 Å². The monoisotopic (exact) mass is 298 g/mol. The van der Waals surface area contributed by atoms with Crippen molar-refractivity contribution in [1.29, 1.82) is 0 Å². The molecule has 0 fully saturated rings. The number of aromatic hydroxyl groups is 2. The predicted molar refractivity (Wildman–Crippen MR) is 81.7 cm³/mol. The topological polar surface area (TPSA) is 57.5 Å². The summed E-state index contributed by atoms with van der Waals surface area (Å²) in [5.41, 5.74) is 0.151. The van der Waals surface area contributed by atoms with E-state index in [1.807, 2.05) is 0 Å². The average Bonchev–Trinajstić information content (AvgIpc) is 2.41. The van der Waals surface area contributed by atoms with Gasteiger partial charge in [0, 0.05) is 12.5 Å². The molecular formula is C16H23ClO3. The molecule has 3 nitrogen and oxygen atoms in total. The third-order valence-corrected chi connectivity index (χ3v) is 3.68. The molecular weight excluding hydrogens is 276 g/mol. The lowest BCUT2D eigenvalue weighted by Gasteiger charge is -2.06. The highest BCUT2D eigenvalue weighted by molar-refractivity contribution is 6.32. The van der Waals surface area contributed by atoms with Crippen molar-refractivity contribution in [3.05, 3.63) is 22.7 Å². The summed E-state index contributed by atoms with van der Waals surface area (Å²) < 4.78 is 0. The largest absolute Gasteiger partial charge is 0.507 e. The molecule has 0 aliphatic carbocycles. The van der Waals surface area contributed by atoms with Gasteiger partial charge in [0.25, 0.3) is 0 Å². The number of halogens is 1. The Labute approximate surface area is 125 Å². The Hall–Kier alpha value is -1.22. The lowest BCUT2D eigenvalue weighted by atomic mass is 10.0. The smallest absolute Gasteiger partial charge is 0.166 e. The van der Waals surface area contributed by atoms with E-state index >= 15 is 0 Å². The first-order chi connectivity index (χ1) is 9.56. The van der Waals surface area contributed by atoms with Gasteiger partial charge in [0.1, 0.15) is 11.5 Å². The molecule has 20 heavy (non-hydrogen) atoms. The summed E-state index contributed by atoms with van der Waals surface area (Å²) in [5.74, 6) is -0.490. The van der Waals surface area contributed by atoms with E-state index in [0.29, 0.717) is 6.42 Å². The Morgan fingerprint density at radius 2 is 1.60 bits per heavy atom. The Morgan fingerprint density at radius 3 is 2.25 bits per heavy atom. The number of benzene rings is 1. The van der Waals surface area contributed by atoms with E-state index in [1.165, 1.54) is 37.8 Å². The maximum atomic E-state index is 12.0. The number of Topliss-reactive ketones (excluding diaryl/α,β-unsaturated/α-hetero) is 1. The summed E-state index contributed by atoms with van der Waals surface area (Å²) in [4.78, 5) is 12.0. The minimum atomic E-state index is -0.174. The van der Waals surface area contributed by atoms with Crippen LogP contribution in [-0.4, -0.2) is 16.0 Å². The van der Waals surface area contributed by atoms with Crippen molar-refractivity contribution in [3.8, 4) is 11.5 Å². The predicted octanol–water partition coefficient (Wildman–Crippen LogP) is 5.07. The molecule has 0 saturated carbocycles. The average molecular weight is 299 g/mol. The molecule has 4 heteroatoms. The van der Waals surface area contributed by atoms with Gasteiger partial charge in [-0.1, -0.05) is 57.0 Å². The number of phenols is 2. The van der Waals surface area contributed by atoms with Gasteiger partial charge in [-0.2, -0.15) is 0 Å². The van der Waals surface area contributed by atoms with Crippen molar-refractivity contribution >= 4 is 17.4 Å². The molecule has 0 saturated heterocycles. The Morgan fingerprint density at radius 1 is 1.00 bits per heavy atom. The zero-order chi connectivity index (χ0) is 15.0. The summed E-state index contributed by atoms with van der Waals surface area (Å²) in [6, 6.07) is 2.44. The third-order valence-electron chi connectivity index (χ3n) is 3.37. The van der Waals surface area contributed by atoms with E-state index < -0.39 is 0 Å². The molecule has 1 aromatic carbocycles. The van der Waals surface area contributed by atoms with Crippen molar-refractivity contribution < 1.29 is 15.0 Å². The van der Waals surface area contributed by atoms with Gasteiger partial charge in [-0.3, -0.25) is 4.79 Å². The van der Waals surface area contributed by atoms with Gasteiger partial charge in [-0.15, -0.1) is 0 Å². The maximum Gasteiger partial charge on any atom is 0.166 e. The first kappa shape index (κ1) is 16.8. The van der Waals surface area contributed by atoms with Gasteiger partial charge < -0.3 is 10.2 Å². The molecule has 0 spiro atoms. The molecule has 2 N–H and O–H groups in total. The van der Waals surface area contributed by atoms with E-state index in [2.05, 4.69) is 6.92 Å². The van der Waals surface area contributed by atoms with Crippen molar-refractivity contribution in [2.45, 2.75) is 58.3 Å². The molecule has 0 unspecified atom stereocenters. The second-order valence-corrected chi connectivity index (χ2v) is 5.52. The number of phenolic OH excluding ortho intramolecular Hbond substituents is 2. The van der Waals surface area contributed by atoms with E-state index in [9.17, 15) is 15.0 Å². The van der Waals surface area contributed by atoms with Crippen LogP contribution in [0.4, 0.5) is 0 Å². The van der Waals surface area contributed by atoms with Gasteiger partial charge in [-0.25, -0.2) is 0 Å². The van der Waals surface area contributed by atoms with Crippen LogP contribution in [0.3, 0.4) is 0 Å². The second kappa shape index (κ2) is 8.85. The minimum Gasteiger partial charge on any atom is -0.507 e. The summed E-state index contributed by atoms with van der Waals surface area (Å²) in [6.07, 6.45) is 8.36. The van der Waals surface area contributed by atoms with Crippen LogP contribution in [-0.2, 0) is 0 Å². The van der Waals surface area contributed by atoms with E-state index in [-0.39, 0.29) is 27.9 Å². The molecule has 0 radical (unpaired) electrons. The van der Waals surface area contributed by atoms with Crippen LogP contribution in [0.15, 0.2) is 12.1 Å². The Kier molecular flexibility index (Phi) is 7.45. The quantitative estimate of drug-likeness (QED) is 0.380. The highest BCUT2D eigenvalue weighted by Gasteiger charge is 2.14. The molecule has 1 aromatic rings. The minimum absolute atomic E-state index is 0.0509. The van der Waals surface area contributed by atoms with Crippen molar-refractivity contribution in [2.24, 2.45) is 0 Å². The van der Waals surface area contributed by atoms with Crippen molar-refractivity contribution in [2.75, 3.05) is 0 Å². The summed E-state index contributed by atoms with van der Waals surface area (Å²) in [7, 11) is 0. The van der Waals surface area contributed by atoms with Gasteiger partial charge in [0.15, 0.2) is 5.78 Å². The van der Waals surface area contributed by atoms with Crippen LogP contribution in [0.25, 0.3) is 0 Å². The summed E-state index contributed by atoms with van der Waals surface area (Å²) in [5, 5.41) is 19.2. The molecule has 0 aromatic heterocycles. The molecule has 0 bridgehead atoms.